The van der Waals surface area contributed by atoms with E-state index in [0.717, 1.165) is 13.0 Å². The average Bonchev–Trinajstić information content (AvgIpc) is 2.91. The highest BCUT2D eigenvalue weighted by molar-refractivity contribution is 5.89. The average molecular weight is 305 g/mol. The zero-order valence-corrected chi connectivity index (χ0v) is 12.9. The van der Waals surface area contributed by atoms with Crippen LogP contribution in [0.2, 0.25) is 0 Å². The Hall–Kier alpha value is -2.44. The minimum atomic E-state index is -0.415. The van der Waals surface area contributed by atoms with Crippen molar-refractivity contribution in [3.8, 4) is 0 Å². The number of aromatic nitrogens is 3. The summed E-state index contributed by atoms with van der Waals surface area (Å²) in [7, 11) is 0. The molecule has 6 nitrogen and oxygen atoms in total. The number of rotatable bonds is 5. The van der Waals surface area contributed by atoms with Crippen molar-refractivity contribution >= 4 is 11.7 Å². The molecule has 2 N–H and O–H groups in total. The summed E-state index contributed by atoms with van der Waals surface area (Å²) in [6, 6.07) is 3.85. The predicted octanol–water partition coefficient (Wildman–Crippen LogP) is 3.02. The molecule has 1 aromatic heterocycles. The molecular weight excluding hydrogens is 285 g/mol. The molecule has 118 valence electrons. The number of urea groups is 1. The molecule has 2 aromatic rings. The molecule has 1 aromatic carbocycles. The standard InChI is InChI=1S/C15H20FN5O/c1-4-7-21-9-17-20-14(21)11(3)18-15(22)19-12-6-5-10(2)13(16)8-12/h5-6,8-9,11H,4,7H2,1-3H3,(H2,18,19,22)/t11-/m0/s1. The van der Waals surface area contributed by atoms with Crippen molar-refractivity contribution in [1.82, 2.24) is 20.1 Å². The van der Waals surface area contributed by atoms with Gasteiger partial charge in [-0.15, -0.1) is 10.2 Å². The minimum absolute atomic E-state index is 0.302. The number of hydrogen-bond donors (Lipinski definition) is 2. The normalized spacial score (nSPS) is 12.0. The molecular formula is C15H20FN5O. The molecule has 0 fully saturated rings. The second kappa shape index (κ2) is 7.02. The van der Waals surface area contributed by atoms with E-state index in [0.29, 0.717) is 17.1 Å². The molecule has 0 saturated heterocycles. The van der Waals surface area contributed by atoms with E-state index in [4.69, 9.17) is 0 Å². The first-order chi connectivity index (χ1) is 10.5. The van der Waals surface area contributed by atoms with Gasteiger partial charge in [-0.2, -0.15) is 0 Å². The lowest BCUT2D eigenvalue weighted by molar-refractivity contribution is 0.248. The van der Waals surface area contributed by atoms with Crippen molar-refractivity contribution < 1.29 is 9.18 Å². The number of carbonyl (C=O) groups excluding carboxylic acids is 1. The molecule has 0 aliphatic carbocycles. The highest BCUT2D eigenvalue weighted by atomic mass is 19.1. The highest BCUT2D eigenvalue weighted by Crippen LogP contribution is 2.14. The number of nitrogens with zero attached hydrogens (tertiary/aromatic N) is 3. The Labute approximate surface area is 128 Å². The van der Waals surface area contributed by atoms with Gasteiger partial charge < -0.3 is 15.2 Å². The number of halogens is 1. The third-order valence-corrected chi connectivity index (χ3v) is 3.27. The molecule has 1 heterocycles. The maximum absolute atomic E-state index is 13.5. The quantitative estimate of drug-likeness (QED) is 0.892. The van der Waals surface area contributed by atoms with Crippen LogP contribution in [0.15, 0.2) is 24.5 Å². The summed E-state index contributed by atoms with van der Waals surface area (Å²) in [4.78, 5) is 12.0. The number of aryl methyl sites for hydroxylation is 2. The third-order valence-electron chi connectivity index (χ3n) is 3.27. The van der Waals surface area contributed by atoms with Gasteiger partial charge in [-0.1, -0.05) is 13.0 Å². The second-order valence-electron chi connectivity index (χ2n) is 5.17. The van der Waals surface area contributed by atoms with Gasteiger partial charge in [0.1, 0.15) is 12.1 Å². The van der Waals surface area contributed by atoms with Crippen LogP contribution in [-0.2, 0) is 6.54 Å². The number of amides is 2. The molecule has 0 bridgehead atoms. The maximum Gasteiger partial charge on any atom is 0.319 e. The van der Waals surface area contributed by atoms with Crippen molar-refractivity contribution in [1.29, 1.82) is 0 Å². The third kappa shape index (κ3) is 3.81. The second-order valence-corrected chi connectivity index (χ2v) is 5.17. The molecule has 22 heavy (non-hydrogen) atoms. The molecule has 0 saturated carbocycles. The lowest BCUT2D eigenvalue weighted by atomic mass is 10.2. The van der Waals surface area contributed by atoms with E-state index in [1.807, 2.05) is 11.5 Å². The van der Waals surface area contributed by atoms with Gasteiger partial charge >= 0.3 is 6.03 Å². The number of nitrogens with one attached hydrogen (secondary N) is 2. The lowest BCUT2D eigenvalue weighted by Gasteiger charge is -2.15. The van der Waals surface area contributed by atoms with E-state index in [1.165, 1.54) is 6.07 Å². The summed E-state index contributed by atoms with van der Waals surface area (Å²) in [6.07, 6.45) is 2.59. The Bertz CT molecular complexity index is 655. The van der Waals surface area contributed by atoms with Gasteiger partial charge in [0.2, 0.25) is 0 Å². The van der Waals surface area contributed by atoms with Gasteiger partial charge in [-0.25, -0.2) is 9.18 Å². The molecule has 0 radical (unpaired) electrons. The topological polar surface area (TPSA) is 71.8 Å². The molecule has 2 rings (SSSR count). The Balaban J connectivity index is 1.98. The van der Waals surface area contributed by atoms with E-state index >= 15 is 0 Å². The number of hydrogen-bond acceptors (Lipinski definition) is 3. The molecule has 1 atom stereocenters. The molecule has 2 amide bonds. The molecule has 0 unspecified atom stereocenters. The van der Waals surface area contributed by atoms with Crippen molar-refractivity contribution in [2.75, 3.05) is 5.32 Å². The first-order valence-electron chi connectivity index (χ1n) is 7.22. The van der Waals surface area contributed by atoms with Crippen LogP contribution in [0.1, 0.15) is 37.7 Å². The first-order valence-corrected chi connectivity index (χ1v) is 7.22. The van der Waals surface area contributed by atoms with Crippen LogP contribution in [-0.4, -0.2) is 20.8 Å². The van der Waals surface area contributed by atoms with Crippen molar-refractivity contribution in [2.45, 2.75) is 39.8 Å². The summed E-state index contributed by atoms with van der Waals surface area (Å²) < 4.78 is 15.4. The summed E-state index contributed by atoms with van der Waals surface area (Å²) in [5.74, 6) is 0.334. The molecule has 7 heteroatoms. The van der Waals surface area contributed by atoms with Crippen molar-refractivity contribution in [3.63, 3.8) is 0 Å². The fraction of sp³-hybridized carbons (Fsp3) is 0.400. The minimum Gasteiger partial charge on any atom is -0.328 e. The Morgan fingerprint density at radius 2 is 2.23 bits per heavy atom. The highest BCUT2D eigenvalue weighted by Gasteiger charge is 2.15. The van der Waals surface area contributed by atoms with Crippen LogP contribution in [0, 0.1) is 12.7 Å². The van der Waals surface area contributed by atoms with E-state index in [2.05, 4.69) is 27.8 Å². The smallest absolute Gasteiger partial charge is 0.319 e. The van der Waals surface area contributed by atoms with Gasteiger partial charge in [-0.3, -0.25) is 0 Å². The molecule has 0 spiro atoms. The van der Waals surface area contributed by atoms with Crippen LogP contribution >= 0.6 is 0 Å². The van der Waals surface area contributed by atoms with E-state index in [-0.39, 0.29) is 11.9 Å². The van der Waals surface area contributed by atoms with Crippen molar-refractivity contribution in [3.05, 3.63) is 41.7 Å². The summed E-state index contributed by atoms with van der Waals surface area (Å²) in [6.45, 7) is 6.34. The summed E-state index contributed by atoms with van der Waals surface area (Å²) >= 11 is 0. The van der Waals surface area contributed by atoms with E-state index in [1.54, 1.807) is 25.4 Å². The van der Waals surface area contributed by atoms with E-state index in [9.17, 15) is 9.18 Å². The van der Waals surface area contributed by atoms with Crippen LogP contribution in [0.5, 0.6) is 0 Å². The first kappa shape index (κ1) is 15.9. The van der Waals surface area contributed by atoms with Gasteiger partial charge in [0.25, 0.3) is 0 Å². The summed E-state index contributed by atoms with van der Waals surface area (Å²) in [5.41, 5.74) is 0.940. The Morgan fingerprint density at radius 1 is 1.45 bits per heavy atom. The van der Waals surface area contributed by atoms with Gasteiger partial charge in [-0.05, 0) is 38.0 Å². The predicted molar refractivity (Wildman–Crippen MR) is 82.0 cm³/mol. The largest absolute Gasteiger partial charge is 0.328 e. The van der Waals surface area contributed by atoms with Crippen LogP contribution < -0.4 is 10.6 Å². The Kier molecular flexibility index (Phi) is 5.08. The van der Waals surface area contributed by atoms with Gasteiger partial charge in [0.15, 0.2) is 5.82 Å². The fourth-order valence-corrected chi connectivity index (χ4v) is 2.11. The zero-order chi connectivity index (χ0) is 16.1. The zero-order valence-electron chi connectivity index (χ0n) is 12.9. The van der Waals surface area contributed by atoms with Crippen LogP contribution in [0.4, 0.5) is 14.9 Å². The van der Waals surface area contributed by atoms with E-state index < -0.39 is 6.03 Å². The number of benzene rings is 1. The van der Waals surface area contributed by atoms with Crippen LogP contribution in [0.3, 0.4) is 0 Å². The number of carbonyl (C=O) groups is 1. The number of anilines is 1. The maximum atomic E-state index is 13.5. The molecule has 0 aliphatic rings. The monoisotopic (exact) mass is 305 g/mol. The van der Waals surface area contributed by atoms with Crippen LogP contribution in [0.25, 0.3) is 0 Å². The fourth-order valence-electron chi connectivity index (χ4n) is 2.11. The molecule has 0 aliphatic heterocycles. The van der Waals surface area contributed by atoms with Gasteiger partial charge in [0.05, 0.1) is 6.04 Å². The summed E-state index contributed by atoms with van der Waals surface area (Å²) in [5, 5.41) is 13.3. The SMILES string of the molecule is CCCn1cnnc1[C@H](C)NC(=O)Nc1ccc(C)c(F)c1. The lowest BCUT2D eigenvalue weighted by Crippen LogP contribution is -2.32. The Morgan fingerprint density at radius 3 is 2.91 bits per heavy atom. The van der Waals surface area contributed by atoms with Crippen molar-refractivity contribution in [2.24, 2.45) is 0 Å². The van der Waals surface area contributed by atoms with Gasteiger partial charge in [0, 0.05) is 12.2 Å².